The largest absolute Gasteiger partial charge is 0.573 e. The third-order valence-corrected chi connectivity index (χ3v) is 5.43. The van der Waals surface area contributed by atoms with Gasteiger partial charge in [-0.15, -0.1) is 13.2 Å². The summed E-state index contributed by atoms with van der Waals surface area (Å²) in [4.78, 5) is 4.44. The summed E-state index contributed by atoms with van der Waals surface area (Å²) in [6, 6.07) is 15.2. The van der Waals surface area contributed by atoms with Gasteiger partial charge in [0.15, 0.2) is 0 Å². The number of likely N-dealkylation sites (N-methyl/N-ethyl adjacent to an activating group) is 1. The Hall–Kier alpha value is -2.05. The Morgan fingerprint density at radius 1 is 0.848 bits per heavy atom. The lowest BCUT2D eigenvalue weighted by atomic mass is 9.98. The average molecular weight is 465 g/mol. The molecular weight excluding hydrogens is 425 g/mol. The van der Waals surface area contributed by atoms with Gasteiger partial charge in [-0.3, -0.25) is 4.90 Å². The van der Waals surface area contributed by atoms with Gasteiger partial charge in [0.2, 0.25) is 0 Å². The molecule has 0 radical (unpaired) electrons. The fourth-order valence-corrected chi connectivity index (χ4v) is 4.26. The fourth-order valence-electron chi connectivity index (χ4n) is 4.26. The van der Waals surface area contributed by atoms with Crippen molar-refractivity contribution in [2.75, 3.05) is 20.6 Å². The molecule has 0 spiro atoms. The van der Waals surface area contributed by atoms with Crippen LogP contribution < -0.4 is 4.74 Å². The van der Waals surface area contributed by atoms with Crippen molar-refractivity contribution in [2.45, 2.75) is 66.0 Å². The number of nitrogens with zero attached hydrogens (tertiary/aromatic N) is 2. The first kappa shape index (κ1) is 27.2. The van der Waals surface area contributed by atoms with Crippen molar-refractivity contribution in [3.05, 3.63) is 65.2 Å². The Morgan fingerprint density at radius 2 is 1.52 bits per heavy atom. The zero-order chi connectivity index (χ0) is 24.6. The van der Waals surface area contributed by atoms with E-state index in [1.54, 1.807) is 18.2 Å². The highest BCUT2D eigenvalue weighted by atomic mass is 19.4. The molecule has 184 valence electrons. The summed E-state index contributed by atoms with van der Waals surface area (Å²) in [6.45, 7) is 10.6. The van der Waals surface area contributed by atoms with Crippen LogP contribution >= 0.6 is 0 Å². The smallest absolute Gasteiger partial charge is 0.405 e. The van der Waals surface area contributed by atoms with Crippen LogP contribution in [0.25, 0.3) is 0 Å². The highest BCUT2D eigenvalue weighted by Gasteiger charge is 2.32. The number of halogens is 3. The van der Waals surface area contributed by atoms with Crippen molar-refractivity contribution in [3.8, 4) is 5.75 Å². The van der Waals surface area contributed by atoms with Crippen molar-refractivity contribution < 1.29 is 17.9 Å². The van der Waals surface area contributed by atoms with Gasteiger partial charge in [0, 0.05) is 31.2 Å². The predicted molar refractivity (Wildman–Crippen MR) is 129 cm³/mol. The van der Waals surface area contributed by atoms with E-state index in [0.717, 1.165) is 19.4 Å². The average Bonchev–Trinajstić information content (AvgIpc) is 2.66. The molecule has 3 nitrogen and oxygen atoms in total. The van der Waals surface area contributed by atoms with E-state index in [9.17, 15) is 13.2 Å². The Bertz CT molecular complexity index is 839. The first-order chi connectivity index (χ1) is 15.4. The van der Waals surface area contributed by atoms with Gasteiger partial charge in [0.1, 0.15) is 5.75 Å². The van der Waals surface area contributed by atoms with E-state index in [1.165, 1.54) is 17.2 Å². The molecule has 0 unspecified atom stereocenters. The van der Waals surface area contributed by atoms with Crippen molar-refractivity contribution in [1.82, 2.24) is 9.80 Å². The summed E-state index contributed by atoms with van der Waals surface area (Å²) >= 11 is 0. The van der Waals surface area contributed by atoms with Gasteiger partial charge >= 0.3 is 6.36 Å². The lowest BCUT2D eigenvalue weighted by Gasteiger charge is -2.35. The Kier molecular flexibility index (Phi) is 10.2. The fraction of sp³-hybridized carbons (Fsp3) is 0.556. The summed E-state index contributed by atoms with van der Waals surface area (Å²) < 4.78 is 43.4. The molecule has 0 aliphatic heterocycles. The number of alkyl halides is 3. The Labute approximate surface area is 197 Å². The van der Waals surface area contributed by atoms with Crippen molar-refractivity contribution >= 4 is 0 Å². The number of hydrogen-bond donors (Lipinski definition) is 0. The highest BCUT2D eigenvalue weighted by molar-refractivity contribution is 5.33. The zero-order valence-electron chi connectivity index (χ0n) is 20.8. The number of para-hydroxylation sites is 1. The quantitative estimate of drug-likeness (QED) is 0.345. The summed E-state index contributed by atoms with van der Waals surface area (Å²) in [5, 5.41) is 0. The van der Waals surface area contributed by atoms with Crippen LogP contribution in [0.5, 0.6) is 5.75 Å². The van der Waals surface area contributed by atoms with Crippen LogP contribution in [0.4, 0.5) is 13.2 Å². The lowest BCUT2D eigenvalue weighted by molar-refractivity contribution is -0.275. The van der Waals surface area contributed by atoms with E-state index in [0.29, 0.717) is 30.5 Å². The van der Waals surface area contributed by atoms with Crippen LogP contribution in [-0.2, 0) is 19.5 Å². The summed E-state index contributed by atoms with van der Waals surface area (Å²) in [5.41, 5.74) is 3.01. The van der Waals surface area contributed by atoms with Crippen LogP contribution in [-0.4, -0.2) is 42.8 Å². The second kappa shape index (κ2) is 12.4. The number of benzene rings is 2. The molecule has 0 aliphatic carbocycles. The molecule has 0 N–H and O–H groups in total. The highest BCUT2D eigenvalue weighted by Crippen LogP contribution is 2.29. The summed E-state index contributed by atoms with van der Waals surface area (Å²) in [6.07, 6.45) is -2.76. The number of hydrogen-bond acceptors (Lipinski definition) is 3. The predicted octanol–water partition coefficient (Wildman–Crippen LogP) is 6.76. The van der Waals surface area contributed by atoms with E-state index < -0.39 is 6.36 Å². The Morgan fingerprint density at radius 3 is 2.12 bits per heavy atom. The lowest BCUT2D eigenvalue weighted by Crippen LogP contribution is -2.42. The molecule has 33 heavy (non-hydrogen) atoms. The van der Waals surface area contributed by atoms with Gasteiger partial charge in [-0.2, -0.15) is 0 Å². The summed E-state index contributed by atoms with van der Waals surface area (Å²) in [5.74, 6) is 0.897. The molecule has 0 saturated carbocycles. The molecule has 1 atom stereocenters. The van der Waals surface area contributed by atoms with Gasteiger partial charge < -0.3 is 9.64 Å². The number of rotatable bonds is 12. The van der Waals surface area contributed by atoms with Crippen molar-refractivity contribution in [1.29, 1.82) is 0 Å². The maximum atomic E-state index is 13.0. The van der Waals surface area contributed by atoms with Gasteiger partial charge in [-0.1, -0.05) is 70.2 Å². The third kappa shape index (κ3) is 10.2. The molecule has 0 fully saturated rings. The number of ether oxygens (including phenoxy) is 1. The SMILES string of the molecule is CC(C)Cc1cccc(CN(Cc2ccccc2OC(F)(F)F)[C@@H](CC(C)C)CN(C)C)c1. The minimum atomic E-state index is -4.72. The molecule has 0 aromatic heterocycles. The second-order valence-electron chi connectivity index (χ2n) is 10.0. The molecule has 6 heteroatoms. The Balaban J connectivity index is 2.39. The first-order valence-electron chi connectivity index (χ1n) is 11.7. The first-order valence-corrected chi connectivity index (χ1v) is 11.7. The zero-order valence-corrected chi connectivity index (χ0v) is 20.8. The van der Waals surface area contributed by atoms with Crippen LogP contribution in [0.2, 0.25) is 0 Å². The topological polar surface area (TPSA) is 15.7 Å². The molecule has 2 rings (SSSR count). The van der Waals surface area contributed by atoms with E-state index in [2.05, 4.69) is 66.5 Å². The van der Waals surface area contributed by atoms with Crippen LogP contribution in [0.15, 0.2) is 48.5 Å². The van der Waals surface area contributed by atoms with Crippen LogP contribution in [0.3, 0.4) is 0 Å². The standard InChI is InChI=1S/C27H39F3N2O/c1-20(2)14-22-10-9-11-23(16-22)17-32(25(15-21(3)4)19-31(5)6)18-24-12-7-8-13-26(24)33-27(28,29)30/h7-13,16,20-21,25H,14-15,17-19H2,1-6H3/t25-/m0/s1. The molecule has 2 aromatic carbocycles. The van der Waals surface area contributed by atoms with Gasteiger partial charge in [0.05, 0.1) is 0 Å². The van der Waals surface area contributed by atoms with Crippen molar-refractivity contribution in [3.63, 3.8) is 0 Å². The van der Waals surface area contributed by atoms with Crippen LogP contribution in [0, 0.1) is 11.8 Å². The van der Waals surface area contributed by atoms with Gasteiger partial charge in [-0.05, 0) is 56.0 Å². The van der Waals surface area contributed by atoms with E-state index >= 15 is 0 Å². The summed E-state index contributed by atoms with van der Waals surface area (Å²) in [7, 11) is 4.07. The maximum absolute atomic E-state index is 13.0. The molecule has 0 bridgehead atoms. The maximum Gasteiger partial charge on any atom is 0.573 e. The van der Waals surface area contributed by atoms with E-state index in [4.69, 9.17) is 0 Å². The third-order valence-electron chi connectivity index (χ3n) is 5.43. The monoisotopic (exact) mass is 464 g/mol. The minimum Gasteiger partial charge on any atom is -0.405 e. The van der Waals surface area contributed by atoms with Gasteiger partial charge in [0.25, 0.3) is 0 Å². The van der Waals surface area contributed by atoms with Gasteiger partial charge in [-0.25, -0.2) is 0 Å². The normalized spacial score (nSPS) is 13.4. The minimum absolute atomic E-state index is 0.128. The molecule has 0 heterocycles. The molecule has 0 aliphatic rings. The molecular formula is C27H39F3N2O. The van der Waals surface area contributed by atoms with Crippen molar-refractivity contribution in [2.24, 2.45) is 11.8 Å². The molecule has 0 amide bonds. The van der Waals surface area contributed by atoms with E-state index in [-0.39, 0.29) is 11.8 Å². The van der Waals surface area contributed by atoms with E-state index in [1.807, 2.05) is 14.1 Å². The van der Waals surface area contributed by atoms with Crippen LogP contribution in [0.1, 0.15) is 50.8 Å². The molecule has 2 aromatic rings. The molecule has 0 saturated heterocycles. The second-order valence-corrected chi connectivity index (χ2v) is 10.0.